The summed E-state index contributed by atoms with van der Waals surface area (Å²) < 4.78 is 46.1. The summed E-state index contributed by atoms with van der Waals surface area (Å²) in [7, 11) is 0. The van der Waals surface area contributed by atoms with Gasteiger partial charge in [-0.15, -0.1) is 0 Å². The number of benzene rings is 3. The summed E-state index contributed by atoms with van der Waals surface area (Å²) in [6.45, 7) is 0.541. The van der Waals surface area contributed by atoms with Crippen LogP contribution in [0.15, 0.2) is 72.8 Å². The van der Waals surface area contributed by atoms with Crippen molar-refractivity contribution in [3.63, 3.8) is 0 Å². The van der Waals surface area contributed by atoms with Crippen LogP contribution in [0.5, 0.6) is 5.75 Å². The average molecular weight is 357 g/mol. The molecule has 0 unspecified atom stereocenters. The first kappa shape index (κ1) is 18.0. The highest BCUT2D eigenvalue weighted by molar-refractivity contribution is 5.74. The van der Waals surface area contributed by atoms with E-state index in [9.17, 15) is 13.2 Å². The molecule has 0 aliphatic rings. The molecule has 0 aromatic heterocycles. The molecule has 0 saturated heterocycles. The zero-order chi connectivity index (χ0) is 18.6. The Balaban J connectivity index is 2.02. The molecule has 134 valence electrons. The van der Waals surface area contributed by atoms with Crippen molar-refractivity contribution < 1.29 is 17.9 Å². The first-order chi connectivity index (χ1) is 12.5. The Morgan fingerprint density at radius 3 is 2.15 bits per heavy atom. The SMILES string of the molecule is NCc1ccc(-c2ccccc2C(F)(F)F)c(OCc2ccccc2)c1. The van der Waals surface area contributed by atoms with Crippen molar-refractivity contribution in [2.24, 2.45) is 5.73 Å². The Hall–Kier alpha value is -2.79. The Labute approximate surface area is 150 Å². The van der Waals surface area contributed by atoms with Gasteiger partial charge in [0.05, 0.1) is 5.56 Å². The second-order valence-electron chi connectivity index (χ2n) is 5.85. The minimum absolute atomic E-state index is 0.0895. The van der Waals surface area contributed by atoms with Crippen LogP contribution in [0.1, 0.15) is 16.7 Å². The molecule has 5 heteroatoms. The molecule has 26 heavy (non-hydrogen) atoms. The highest BCUT2D eigenvalue weighted by Gasteiger charge is 2.33. The van der Waals surface area contributed by atoms with Gasteiger partial charge in [-0.25, -0.2) is 0 Å². The van der Waals surface area contributed by atoms with Crippen LogP contribution >= 0.6 is 0 Å². The number of hydrogen-bond donors (Lipinski definition) is 1. The van der Waals surface area contributed by atoms with E-state index in [4.69, 9.17) is 10.5 Å². The molecular weight excluding hydrogens is 339 g/mol. The summed E-state index contributed by atoms with van der Waals surface area (Å²) in [6, 6.07) is 20.0. The molecule has 2 N–H and O–H groups in total. The van der Waals surface area contributed by atoms with Crippen LogP contribution < -0.4 is 10.5 Å². The maximum absolute atomic E-state index is 13.4. The van der Waals surface area contributed by atoms with E-state index >= 15 is 0 Å². The van der Waals surface area contributed by atoms with E-state index in [1.807, 2.05) is 30.3 Å². The predicted octanol–water partition coefficient (Wildman–Crippen LogP) is 5.41. The Kier molecular flexibility index (Phi) is 5.28. The van der Waals surface area contributed by atoms with Crippen LogP contribution in [0.4, 0.5) is 13.2 Å². The zero-order valence-corrected chi connectivity index (χ0v) is 14.0. The number of ether oxygens (including phenoxy) is 1. The third-order valence-corrected chi connectivity index (χ3v) is 4.04. The predicted molar refractivity (Wildman–Crippen MR) is 95.5 cm³/mol. The first-order valence-corrected chi connectivity index (χ1v) is 8.15. The lowest BCUT2D eigenvalue weighted by Gasteiger charge is -2.17. The molecule has 3 rings (SSSR count). The maximum atomic E-state index is 13.4. The molecule has 0 fully saturated rings. The number of halogens is 3. The normalized spacial score (nSPS) is 11.4. The lowest BCUT2D eigenvalue weighted by atomic mass is 9.97. The van der Waals surface area contributed by atoms with Crippen molar-refractivity contribution in [3.8, 4) is 16.9 Å². The van der Waals surface area contributed by atoms with Crippen molar-refractivity contribution in [3.05, 3.63) is 89.5 Å². The van der Waals surface area contributed by atoms with Gasteiger partial charge in [-0.1, -0.05) is 60.7 Å². The van der Waals surface area contributed by atoms with Crippen molar-refractivity contribution >= 4 is 0 Å². The van der Waals surface area contributed by atoms with Crippen molar-refractivity contribution in [1.29, 1.82) is 0 Å². The third-order valence-electron chi connectivity index (χ3n) is 4.04. The van der Waals surface area contributed by atoms with Gasteiger partial charge in [0.25, 0.3) is 0 Å². The topological polar surface area (TPSA) is 35.2 Å². The summed E-state index contributed by atoms with van der Waals surface area (Å²) >= 11 is 0. The van der Waals surface area contributed by atoms with Crippen molar-refractivity contribution in [1.82, 2.24) is 0 Å². The quantitative estimate of drug-likeness (QED) is 0.663. The molecule has 3 aromatic rings. The summed E-state index contributed by atoms with van der Waals surface area (Å²) in [5, 5.41) is 0. The molecule has 3 aromatic carbocycles. The molecule has 0 bridgehead atoms. The average Bonchev–Trinajstić information content (AvgIpc) is 2.66. The van der Waals surface area contributed by atoms with Gasteiger partial charge < -0.3 is 10.5 Å². The number of alkyl halides is 3. The largest absolute Gasteiger partial charge is 0.488 e. The van der Waals surface area contributed by atoms with Gasteiger partial charge in [-0.2, -0.15) is 13.2 Å². The number of rotatable bonds is 5. The van der Waals surface area contributed by atoms with Crippen LogP contribution in [-0.2, 0) is 19.3 Å². The molecule has 0 aliphatic carbocycles. The van der Waals surface area contributed by atoms with E-state index in [1.165, 1.54) is 12.1 Å². The van der Waals surface area contributed by atoms with Crippen LogP contribution in [-0.4, -0.2) is 0 Å². The van der Waals surface area contributed by atoms with E-state index in [1.54, 1.807) is 24.3 Å². The summed E-state index contributed by atoms with van der Waals surface area (Å²) in [5.74, 6) is 0.383. The minimum atomic E-state index is -4.44. The molecular formula is C21H18F3NO. The van der Waals surface area contributed by atoms with E-state index < -0.39 is 11.7 Å². The van der Waals surface area contributed by atoms with Crippen LogP contribution in [0.2, 0.25) is 0 Å². The number of nitrogens with two attached hydrogens (primary N) is 1. The second kappa shape index (κ2) is 7.62. The Bertz CT molecular complexity index is 876. The highest BCUT2D eigenvalue weighted by atomic mass is 19.4. The van der Waals surface area contributed by atoms with E-state index in [-0.39, 0.29) is 18.7 Å². The van der Waals surface area contributed by atoms with Crippen molar-refractivity contribution in [2.45, 2.75) is 19.3 Å². The fraction of sp³-hybridized carbons (Fsp3) is 0.143. The minimum Gasteiger partial charge on any atom is -0.488 e. The summed E-state index contributed by atoms with van der Waals surface area (Å²) in [4.78, 5) is 0. The molecule has 0 radical (unpaired) electrons. The van der Waals surface area contributed by atoms with Crippen LogP contribution in [0.25, 0.3) is 11.1 Å². The summed E-state index contributed by atoms with van der Waals surface area (Å²) in [5.41, 5.74) is 7.20. The van der Waals surface area contributed by atoms with Gasteiger partial charge in [0, 0.05) is 12.1 Å². The highest BCUT2D eigenvalue weighted by Crippen LogP contribution is 2.40. The molecule has 2 nitrogen and oxygen atoms in total. The molecule has 0 saturated carbocycles. The Morgan fingerprint density at radius 2 is 1.46 bits per heavy atom. The molecule has 0 atom stereocenters. The van der Waals surface area contributed by atoms with Crippen molar-refractivity contribution in [2.75, 3.05) is 0 Å². The fourth-order valence-corrected chi connectivity index (χ4v) is 2.74. The van der Waals surface area contributed by atoms with Gasteiger partial charge in [-0.05, 0) is 28.8 Å². The number of hydrogen-bond acceptors (Lipinski definition) is 2. The lowest BCUT2D eigenvalue weighted by molar-refractivity contribution is -0.137. The monoisotopic (exact) mass is 357 g/mol. The van der Waals surface area contributed by atoms with Gasteiger partial charge >= 0.3 is 6.18 Å². The first-order valence-electron chi connectivity index (χ1n) is 8.15. The second-order valence-corrected chi connectivity index (χ2v) is 5.85. The maximum Gasteiger partial charge on any atom is 0.417 e. The van der Waals surface area contributed by atoms with E-state index in [0.29, 0.717) is 11.3 Å². The van der Waals surface area contributed by atoms with Crippen LogP contribution in [0, 0.1) is 0 Å². The van der Waals surface area contributed by atoms with Gasteiger partial charge in [-0.3, -0.25) is 0 Å². The Morgan fingerprint density at radius 1 is 0.769 bits per heavy atom. The van der Waals surface area contributed by atoms with Gasteiger partial charge in [0.15, 0.2) is 0 Å². The fourth-order valence-electron chi connectivity index (χ4n) is 2.74. The molecule has 0 amide bonds. The van der Waals surface area contributed by atoms with Gasteiger partial charge in [0.2, 0.25) is 0 Å². The van der Waals surface area contributed by atoms with Crippen LogP contribution in [0.3, 0.4) is 0 Å². The zero-order valence-electron chi connectivity index (χ0n) is 14.0. The molecule has 0 heterocycles. The van der Waals surface area contributed by atoms with E-state index in [0.717, 1.165) is 17.2 Å². The lowest BCUT2D eigenvalue weighted by Crippen LogP contribution is -2.08. The third kappa shape index (κ3) is 4.06. The molecule has 0 aliphatic heterocycles. The smallest absolute Gasteiger partial charge is 0.417 e. The molecule has 0 spiro atoms. The van der Waals surface area contributed by atoms with E-state index in [2.05, 4.69) is 0 Å². The summed E-state index contributed by atoms with van der Waals surface area (Å²) in [6.07, 6.45) is -4.44. The van der Waals surface area contributed by atoms with Gasteiger partial charge in [0.1, 0.15) is 12.4 Å². The standard InChI is InChI=1S/C21H18F3NO/c22-21(23,24)19-9-5-4-8-17(19)18-11-10-16(13-25)12-20(18)26-14-15-6-2-1-3-7-15/h1-12H,13-14,25H2.